The molecule has 0 saturated heterocycles. The van der Waals surface area contributed by atoms with Gasteiger partial charge in [-0.25, -0.2) is 4.39 Å². The summed E-state index contributed by atoms with van der Waals surface area (Å²) in [6, 6.07) is 6.51. The summed E-state index contributed by atoms with van der Waals surface area (Å²) in [6.45, 7) is 1.34. The third-order valence-corrected chi connectivity index (χ3v) is 3.50. The molecule has 0 radical (unpaired) electrons. The van der Waals surface area contributed by atoms with Gasteiger partial charge in [-0.05, 0) is 56.8 Å². The Morgan fingerprint density at radius 3 is 2.95 bits per heavy atom. The predicted molar refractivity (Wildman–Crippen MR) is 74.0 cm³/mol. The highest BCUT2D eigenvalue weighted by atomic mass is 19.1. The molecule has 0 fully saturated rings. The van der Waals surface area contributed by atoms with Gasteiger partial charge in [-0.2, -0.15) is 5.26 Å². The molecule has 19 heavy (non-hydrogen) atoms. The highest BCUT2D eigenvalue weighted by Gasteiger charge is 2.05. The number of nitrogens with one attached hydrogen (secondary N) is 1. The normalized spacial score (nSPS) is 14.8. The number of benzene rings is 1. The molecule has 0 bridgehead atoms. The Morgan fingerprint density at radius 2 is 2.21 bits per heavy atom. The van der Waals surface area contributed by atoms with Crippen molar-refractivity contribution in [2.24, 2.45) is 0 Å². The molecule has 0 aromatic heterocycles. The molecule has 0 amide bonds. The number of nitriles is 1. The second-order valence-corrected chi connectivity index (χ2v) is 4.95. The Kier molecular flexibility index (Phi) is 5.11. The molecular formula is C16H19FN2. The maximum Gasteiger partial charge on any atom is 0.127 e. The summed E-state index contributed by atoms with van der Waals surface area (Å²) in [6.07, 6.45) is 8.39. The van der Waals surface area contributed by atoms with E-state index in [1.807, 2.05) is 6.07 Å². The average molecular weight is 258 g/mol. The van der Waals surface area contributed by atoms with E-state index < -0.39 is 0 Å². The van der Waals surface area contributed by atoms with E-state index in [4.69, 9.17) is 5.26 Å². The Hall–Kier alpha value is -1.66. The third kappa shape index (κ3) is 4.18. The second kappa shape index (κ2) is 7.06. The van der Waals surface area contributed by atoms with Gasteiger partial charge in [0.25, 0.3) is 0 Å². The van der Waals surface area contributed by atoms with Gasteiger partial charge in [-0.15, -0.1) is 0 Å². The topological polar surface area (TPSA) is 35.8 Å². The minimum absolute atomic E-state index is 0.247. The van der Waals surface area contributed by atoms with E-state index in [0.29, 0.717) is 17.7 Å². The number of rotatable bonds is 5. The van der Waals surface area contributed by atoms with Gasteiger partial charge in [0, 0.05) is 12.1 Å². The Labute approximate surface area is 113 Å². The van der Waals surface area contributed by atoms with E-state index >= 15 is 0 Å². The molecule has 0 atom stereocenters. The molecule has 0 saturated carbocycles. The summed E-state index contributed by atoms with van der Waals surface area (Å²) in [5.41, 5.74) is 2.59. The first kappa shape index (κ1) is 13.8. The van der Waals surface area contributed by atoms with Crippen molar-refractivity contribution < 1.29 is 4.39 Å². The average Bonchev–Trinajstić information content (AvgIpc) is 2.46. The first-order valence-corrected chi connectivity index (χ1v) is 6.87. The van der Waals surface area contributed by atoms with Crippen LogP contribution in [0.1, 0.15) is 43.2 Å². The van der Waals surface area contributed by atoms with E-state index in [9.17, 15) is 4.39 Å². The van der Waals surface area contributed by atoms with Crippen LogP contribution in [0.25, 0.3) is 0 Å². The van der Waals surface area contributed by atoms with E-state index in [-0.39, 0.29) is 5.82 Å². The number of halogens is 1. The molecule has 1 aliphatic rings. The van der Waals surface area contributed by atoms with Gasteiger partial charge < -0.3 is 5.32 Å². The van der Waals surface area contributed by atoms with Crippen LogP contribution in [0.5, 0.6) is 0 Å². The largest absolute Gasteiger partial charge is 0.312 e. The van der Waals surface area contributed by atoms with Crippen LogP contribution in [-0.4, -0.2) is 6.54 Å². The number of allylic oxidation sites excluding steroid dienone is 1. The van der Waals surface area contributed by atoms with Crippen molar-refractivity contribution >= 4 is 0 Å². The molecular weight excluding hydrogens is 239 g/mol. The van der Waals surface area contributed by atoms with Crippen LogP contribution in [0.4, 0.5) is 4.39 Å². The van der Waals surface area contributed by atoms with Gasteiger partial charge in [0.2, 0.25) is 0 Å². The van der Waals surface area contributed by atoms with Crippen molar-refractivity contribution in [3.63, 3.8) is 0 Å². The fraction of sp³-hybridized carbons (Fsp3) is 0.438. The maximum atomic E-state index is 13.5. The molecule has 2 nitrogen and oxygen atoms in total. The van der Waals surface area contributed by atoms with Crippen LogP contribution in [0.15, 0.2) is 29.8 Å². The summed E-state index contributed by atoms with van der Waals surface area (Å²) >= 11 is 0. The van der Waals surface area contributed by atoms with E-state index in [2.05, 4.69) is 11.4 Å². The van der Waals surface area contributed by atoms with Crippen molar-refractivity contribution in [1.82, 2.24) is 5.32 Å². The van der Waals surface area contributed by atoms with Gasteiger partial charge >= 0.3 is 0 Å². The zero-order chi connectivity index (χ0) is 13.5. The highest BCUT2D eigenvalue weighted by Crippen LogP contribution is 2.19. The first-order chi connectivity index (χ1) is 9.29. The summed E-state index contributed by atoms with van der Waals surface area (Å²) in [7, 11) is 0. The van der Waals surface area contributed by atoms with E-state index in [0.717, 1.165) is 13.0 Å². The van der Waals surface area contributed by atoms with Gasteiger partial charge in [0.15, 0.2) is 0 Å². The Bertz CT molecular complexity index is 500. The van der Waals surface area contributed by atoms with Crippen LogP contribution in [-0.2, 0) is 6.54 Å². The van der Waals surface area contributed by atoms with Crippen molar-refractivity contribution in [1.29, 1.82) is 5.26 Å². The smallest absolute Gasteiger partial charge is 0.127 e. The zero-order valence-electron chi connectivity index (χ0n) is 11.1. The SMILES string of the molecule is N#Cc1ccc(F)c(CNCCC2=CCCCC2)c1. The van der Waals surface area contributed by atoms with Crippen molar-refractivity contribution in [3.05, 3.63) is 46.8 Å². The first-order valence-electron chi connectivity index (χ1n) is 6.87. The van der Waals surface area contributed by atoms with Gasteiger partial charge in [0.05, 0.1) is 11.6 Å². The van der Waals surface area contributed by atoms with Crippen molar-refractivity contribution in [3.8, 4) is 6.07 Å². The lowest BCUT2D eigenvalue weighted by molar-refractivity contribution is 0.582. The predicted octanol–water partition coefficient (Wildman–Crippen LogP) is 3.68. The third-order valence-electron chi connectivity index (χ3n) is 3.50. The number of nitrogens with zero attached hydrogens (tertiary/aromatic N) is 1. The standard InChI is InChI=1S/C16H19FN2/c17-16-7-6-14(11-18)10-15(16)12-19-9-8-13-4-2-1-3-5-13/h4,6-7,10,19H,1-3,5,8-9,12H2. The van der Waals surface area contributed by atoms with Crippen molar-refractivity contribution in [2.45, 2.75) is 38.6 Å². The highest BCUT2D eigenvalue weighted by molar-refractivity contribution is 5.33. The lowest BCUT2D eigenvalue weighted by Crippen LogP contribution is -2.16. The quantitative estimate of drug-likeness (QED) is 0.646. The fourth-order valence-electron chi connectivity index (χ4n) is 2.38. The molecule has 1 aliphatic carbocycles. The molecule has 3 heteroatoms. The molecule has 1 aromatic carbocycles. The lowest BCUT2D eigenvalue weighted by atomic mass is 9.97. The summed E-state index contributed by atoms with van der Waals surface area (Å²) < 4.78 is 13.5. The number of hydrogen-bond acceptors (Lipinski definition) is 2. The minimum atomic E-state index is -0.247. The summed E-state index contributed by atoms with van der Waals surface area (Å²) in [5, 5.41) is 12.0. The summed E-state index contributed by atoms with van der Waals surface area (Å²) in [5.74, 6) is -0.247. The lowest BCUT2D eigenvalue weighted by Gasteiger charge is -2.13. The second-order valence-electron chi connectivity index (χ2n) is 4.95. The molecule has 0 heterocycles. The van der Waals surface area contributed by atoms with Gasteiger partial charge in [0.1, 0.15) is 5.82 Å². The molecule has 1 aromatic rings. The van der Waals surface area contributed by atoms with Crippen LogP contribution >= 0.6 is 0 Å². The zero-order valence-corrected chi connectivity index (χ0v) is 11.1. The summed E-state index contributed by atoms with van der Waals surface area (Å²) in [4.78, 5) is 0. The van der Waals surface area contributed by atoms with Crippen LogP contribution in [0.2, 0.25) is 0 Å². The Balaban J connectivity index is 1.79. The molecule has 0 unspecified atom stereocenters. The Morgan fingerprint density at radius 1 is 1.32 bits per heavy atom. The minimum Gasteiger partial charge on any atom is -0.312 e. The molecule has 1 N–H and O–H groups in total. The molecule has 0 spiro atoms. The fourth-order valence-corrected chi connectivity index (χ4v) is 2.38. The number of hydrogen-bond donors (Lipinski definition) is 1. The van der Waals surface area contributed by atoms with Crippen LogP contribution in [0, 0.1) is 17.1 Å². The van der Waals surface area contributed by atoms with Crippen molar-refractivity contribution in [2.75, 3.05) is 6.54 Å². The van der Waals surface area contributed by atoms with Crippen LogP contribution in [0.3, 0.4) is 0 Å². The molecule has 100 valence electrons. The molecule has 2 rings (SSSR count). The van der Waals surface area contributed by atoms with E-state index in [1.165, 1.54) is 43.4 Å². The monoisotopic (exact) mass is 258 g/mol. The van der Waals surface area contributed by atoms with E-state index in [1.54, 1.807) is 6.07 Å². The maximum absolute atomic E-state index is 13.5. The van der Waals surface area contributed by atoms with Gasteiger partial charge in [-0.1, -0.05) is 11.6 Å². The molecule has 0 aliphatic heterocycles. The van der Waals surface area contributed by atoms with Crippen LogP contribution < -0.4 is 5.32 Å². The van der Waals surface area contributed by atoms with Gasteiger partial charge in [-0.3, -0.25) is 0 Å².